The van der Waals surface area contributed by atoms with Crippen molar-refractivity contribution in [3.05, 3.63) is 47.0 Å². The zero-order valence-corrected chi connectivity index (χ0v) is 10.8. The van der Waals surface area contributed by atoms with Gasteiger partial charge in [-0.25, -0.2) is 9.07 Å². The smallest absolute Gasteiger partial charge is 0.123 e. The van der Waals surface area contributed by atoms with Crippen LogP contribution in [0.25, 0.3) is 5.69 Å². The number of alkyl halides is 1. The molecule has 0 bridgehead atoms. The maximum absolute atomic E-state index is 13.1. The standard InChI is InChI=1S/C12H12BrFN2/c1-8-5-9(2)16(15-8)12-4-3-11(14)6-10(12)7-13/h3-6H,7H2,1-2H3. The molecule has 2 aromatic rings. The van der Waals surface area contributed by atoms with Crippen molar-refractivity contribution in [1.29, 1.82) is 0 Å². The molecule has 1 heterocycles. The molecule has 2 rings (SSSR count). The first-order valence-corrected chi connectivity index (χ1v) is 6.12. The molecular formula is C12H12BrFN2. The number of hydrogen-bond acceptors (Lipinski definition) is 1. The maximum Gasteiger partial charge on any atom is 0.123 e. The minimum absolute atomic E-state index is 0.222. The summed E-state index contributed by atoms with van der Waals surface area (Å²) in [4.78, 5) is 0. The van der Waals surface area contributed by atoms with Crippen molar-refractivity contribution in [2.24, 2.45) is 0 Å². The Morgan fingerprint density at radius 1 is 1.31 bits per heavy atom. The molecule has 0 spiro atoms. The monoisotopic (exact) mass is 282 g/mol. The Morgan fingerprint density at radius 3 is 2.62 bits per heavy atom. The number of halogens is 2. The molecule has 2 nitrogen and oxygen atoms in total. The lowest BCUT2D eigenvalue weighted by atomic mass is 10.2. The number of nitrogens with zero attached hydrogens (tertiary/aromatic N) is 2. The maximum atomic E-state index is 13.1. The molecule has 1 aromatic heterocycles. The Bertz CT molecular complexity index is 520. The summed E-state index contributed by atoms with van der Waals surface area (Å²) in [5, 5.41) is 5.00. The highest BCUT2D eigenvalue weighted by Crippen LogP contribution is 2.20. The van der Waals surface area contributed by atoms with Gasteiger partial charge in [-0.05, 0) is 43.7 Å². The van der Waals surface area contributed by atoms with E-state index in [9.17, 15) is 4.39 Å². The molecule has 4 heteroatoms. The number of benzene rings is 1. The molecule has 0 saturated carbocycles. The van der Waals surface area contributed by atoms with Gasteiger partial charge < -0.3 is 0 Å². The summed E-state index contributed by atoms with van der Waals surface area (Å²) in [7, 11) is 0. The first kappa shape index (κ1) is 11.3. The molecule has 0 unspecified atom stereocenters. The van der Waals surface area contributed by atoms with Crippen LogP contribution in [0, 0.1) is 19.7 Å². The van der Waals surface area contributed by atoms with Gasteiger partial charge in [0.25, 0.3) is 0 Å². The SMILES string of the molecule is Cc1cc(C)n(-c2ccc(F)cc2CBr)n1. The third-order valence-electron chi connectivity index (χ3n) is 2.42. The van der Waals surface area contributed by atoms with Crippen molar-refractivity contribution in [3.63, 3.8) is 0 Å². The zero-order chi connectivity index (χ0) is 11.7. The van der Waals surface area contributed by atoms with Gasteiger partial charge in [-0.3, -0.25) is 0 Å². The van der Waals surface area contributed by atoms with Crippen LogP contribution >= 0.6 is 15.9 Å². The quantitative estimate of drug-likeness (QED) is 0.771. The van der Waals surface area contributed by atoms with E-state index in [1.54, 1.807) is 6.07 Å². The predicted molar refractivity (Wildman–Crippen MR) is 65.6 cm³/mol. The van der Waals surface area contributed by atoms with E-state index in [-0.39, 0.29) is 5.82 Å². The normalized spacial score (nSPS) is 10.8. The van der Waals surface area contributed by atoms with Gasteiger partial charge in [-0.15, -0.1) is 0 Å². The van der Waals surface area contributed by atoms with E-state index in [1.165, 1.54) is 12.1 Å². The van der Waals surface area contributed by atoms with E-state index in [4.69, 9.17) is 0 Å². The molecule has 1 aromatic carbocycles. The van der Waals surface area contributed by atoms with Gasteiger partial charge >= 0.3 is 0 Å². The second-order valence-electron chi connectivity index (χ2n) is 3.75. The number of aromatic nitrogens is 2. The number of hydrogen-bond donors (Lipinski definition) is 0. The Labute approximate surface area is 102 Å². The van der Waals surface area contributed by atoms with Crippen LogP contribution in [0.2, 0.25) is 0 Å². The lowest BCUT2D eigenvalue weighted by Gasteiger charge is -2.09. The number of rotatable bonds is 2. The molecule has 0 N–H and O–H groups in total. The molecule has 0 amide bonds. The van der Waals surface area contributed by atoms with Crippen molar-refractivity contribution in [2.75, 3.05) is 0 Å². The van der Waals surface area contributed by atoms with Crippen LogP contribution in [0.1, 0.15) is 17.0 Å². The molecule has 0 saturated heterocycles. The van der Waals surface area contributed by atoms with Gasteiger partial charge in [0.2, 0.25) is 0 Å². The average Bonchev–Trinajstić information content (AvgIpc) is 2.57. The van der Waals surface area contributed by atoms with E-state index in [2.05, 4.69) is 21.0 Å². The molecule has 0 aliphatic heterocycles. The average molecular weight is 283 g/mol. The minimum atomic E-state index is -0.222. The summed E-state index contributed by atoms with van der Waals surface area (Å²) >= 11 is 3.36. The van der Waals surface area contributed by atoms with Gasteiger partial charge in [0, 0.05) is 11.0 Å². The van der Waals surface area contributed by atoms with Crippen LogP contribution in [0.15, 0.2) is 24.3 Å². The first-order chi connectivity index (χ1) is 7.61. The van der Waals surface area contributed by atoms with Crippen molar-refractivity contribution >= 4 is 15.9 Å². The lowest BCUT2D eigenvalue weighted by molar-refractivity contribution is 0.625. The zero-order valence-electron chi connectivity index (χ0n) is 9.17. The van der Waals surface area contributed by atoms with Gasteiger partial charge in [0.05, 0.1) is 11.4 Å². The second kappa shape index (κ2) is 4.37. The molecule has 0 fully saturated rings. The highest BCUT2D eigenvalue weighted by atomic mass is 79.9. The van der Waals surface area contributed by atoms with Crippen molar-refractivity contribution in [3.8, 4) is 5.69 Å². The van der Waals surface area contributed by atoms with Crippen LogP contribution in [0.4, 0.5) is 4.39 Å². The molecule has 0 atom stereocenters. The second-order valence-corrected chi connectivity index (χ2v) is 4.31. The molecule has 0 aliphatic carbocycles. The highest BCUT2D eigenvalue weighted by Gasteiger charge is 2.09. The summed E-state index contributed by atoms with van der Waals surface area (Å²) < 4.78 is 14.9. The van der Waals surface area contributed by atoms with E-state index < -0.39 is 0 Å². The fourth-order valence-corrected chi connectivity index (χ4v) is 2.19. The fourth-order valence-electron chi connectivity index (χ4n) is 1.74. The lowest BCUT2D eigenvalue weighted by Crippen LogP contribution is -2.03. The molecule has 0 aliphatic rings. The van der Waals surface area contributed by atoms with Crippen LogP contribution < -0.4 is 0 Å². The van der Waals surface area contributed by atoms with Crippen molar-refractivity contribution in [2.45, 2.75) is 19.2 Å². The van der Waals surface area contributed by atoms with E-state index in [0.29, 0.717) is 5.33 Å². The third-order valence-corrected chi connectivity index (χ3v) is 3.03. The topological polar surface area (TPSA) is 17.8 Å². The Morgan fingerprint density at radius 2 is 2.06 bits per heavy atom. The van der Waals surface area contributed by atoms with E-state index in [0.717, 1.165) is 22.6 Å². The Kier molecular flexibility index (Phi) is 3.10. The van der Waals surface area contributed by atoms with Gasteiger partial charge in [-0.2, -0.15) is 5.10 Å². The summed E-state index contributed by atoms with van der Waals surface area (Å²) in [5.41, 5.74) is 3.82. The van der Waals surface area contributed by atoms with Gasteiger partial charge in [-0.1, -0.05) is 15.9 Å². The fraction of sp³-hybridized carbons (Fsp3) is 0.250. The molecular weight excluding hydrogens is 271 g/mol. The Hall–Kier alpha value is -1.16. The van der Waals surface area contributed by atoms with Gasteiger partial charge in [0.1, 0.15) is 5.82 Å². The largest absolute Gasteiger partial charge is 0.238 e. The molecule has 16 heavy (non-hydrogen) atoms. The van der Waals surface area contributed by atoms with Crippen LogP contribution in [0.3, 0.4) is 0 Å². The summed E-state index contributed by atoms with van der Waals surface area (Å²) in [5.74, 6) is -0.222. The van der Waals surface area contributed by atoms with Crippen LogP contribution in [-0.4, -0.2) is 9.78 Å². The summed E-state index contributed by atoms with van der Waals surface area (Å²) in [6, 6.07) is 6.74. The van der Waals surface area contributed by atoms with Crippen LogP contribution in [-0.2, 0) is 5.33 Å². The predicted octanol–water partition coefficient (Wildman–Crippen LogP) is 3.52. The van der Waals surface area contributed by atoms with Gasteiger partial charge in [0.15, 0.2) is 0 Å². The summed E-state index contributed by atoms with van der Waals surface area (Å²) in [6.45, 7) is 3.93. The molecule has 84 valence electrons. The first-order valence-electron chi connectivity index (χ1n) is 5.00. The van der Waals surface area contributed by atoms with Crippen molar-refractivity contribution in [1.82, 2.24) is 9.78 Å². The van der Waals surface area contributed by atoms with Crippen LogP contribution in [0.5, 0.6) is 0 Å². The Balaban J connectivity index is 2.59. The summed E-state index contributed by atoms with van der Waals surface area (Å²) in [6.07, 6.45) is 0. The minimum Gasteiger partial charge on any atom is -0.238 e. The number of aryl methyl sites for hydroxylation is 2. The van der Waals surface area contributed by atoms with Crippen molar-refractivity contribution < 1.29 is 4.39 Å². The molecule has 0 radical (unpaired) electrons. The third kappa shape index (κ3) is 2.02. The van der Waals surface area contributed by atoms with E-state index in [1.807, 2.05) is 24.6 Å². The van der Waals surface area contributed by atoms with E-state index >= 15 is 0 Å². The highest BCUT2D eigenvalue weighted by molar-refractivity contribution is 9.08.